The molecule has 106 valence electrons. The fourth-order valence-corrected chi connectivity index (χ4v) is 2.09. The second kappa shape index (κ2) is 6.34. The smallest absolute Gasteiger partial charge is 0.259 e. The molecule has 0 bridgehead atoms. The fourth-order valence-electron chi connectivity index (χ4n) is 2.09. The summed E-state index contributed by atoms with van der Waals surface area (Å²) in [6.07, 6.45) is 2.49. The molecule has 1 amide bonds. The first kappa shape index (κ1) is 14.3. The lowest BCUT2D eigenvalue weighted by Gasteiger charge is -2.06. The van der Waals surface area contributed by atoms with Gasteiger partial charge >= 0.3 is 0 Å². The van der Waals surface area contributed by atoms with Gasteiger partial charge in [0, 0.05) is 25.5 Å². The summed E-state index contributed by atoms with van der Waals surface area (Å²) >= 11 is 0. The predicted molar refractivity (Wildman–Crippen MR) is 79.7 cm³/mol. The third-order valence-corrected chi connectivity index (χ3v) is 3.08. The monoisotopic (exact) mass is 272 g/mol. The second-order valence-electron chi connectivity index (χ2n) is 4.70. The minimum absolute atomic E-state index is 0.115. The van der Waals surface area contributed by atoms with Crippen molar-refractivity contribution in [3.8, 4) is 0 Å². The van der Waals surface area contributed by atoms with Crippen LogP contribution in [-0.4, -0.2) is 22.7 Å². The number of aromatic nitrogens is 2. The van der Waals surface area contributed by atoms with Crippen molar-refractivity contribution in [1.29, 1.82) is 0 Å². The van der Waals surface area contributed by atoms with Crippen LogP contribution >= 0.6 is 0 Å². The van der Waals surface area contributed by atoms with Crippen molar-refractivity contribution >= 4 is 11.6 Å². The molecule has 2 aromatic rings. The lowest BCUT2D eigenvalue weighted by Crippen LogP contribution is -2.13. The number of benzene rings is 1. The molecule has 5 nitrogen and oxygen atoms in total. The molecule has 0 saturated carbocycles. The molecular weight excluding hydrogens is 252 g/mol. The summed E-state index contributed by atoms with van der Waals surface area (Å²) in [6, 6.07) is 7.81. The number of carbonyl (C=O) groups excluding carboxylic acids is 1. The van der Waals surface area contributed by atoms with Gasteiger partial charge in [-0.2, -0.15) is 5.10 Å². The molecule has 5 heteroatoms. The van der Waals surface area contributed by atoms with E-state index in [1.807, 2.05) is 45.3 Å². The molecule has 0 aliphatic heterocycles. The Bertz CT molecular complexity index is 586. The average Bonchev–Trinajstić information content (AvgIpc) is 2.82. The average molecular weight is 272 g/mol. The molecular formula is C15H20N4O. The van der Waals surface area contributed by atoms with Crippen LogP contribution in [0.3, 0.4) is 0 Å². The molecule has 20 heavy (non-hydrogen) atoms. The largest absolute Gasteiger partial charge is 0.322 e. The van der Waals surface area contributed by atoms with Gasteiger partial charge in [0.25, 0.3) is 5.91 Å². The maximum absolute atomic E-state index is 12.2. The number of rotatable bonds is 5. The van der Waals surface area contributed by atoms with E-state index in [0.717, 1.165) is 24.3 Å². The fraction of sp³-hybridized carbons (Fsp3) is 0.333. The van der Waals surface area contributed by atoms with Gasteiger partial charge in [0.05, 0.1) is 11.3 Å². The number of amides is 1. The van der Waals surface area contributed by atoms with Crippen LogP contribution in [0.4, 0.5) is 5.69 Å². The molecule has 1 aromatic heterocycles. The Labute approximate surface area is 119 Å². The Kier molecular flexibility index (Phi) is 4.53. The molecule has 0 aliphatic carbocycles. The van der Waals surface area contributed by atoms with Gasteiger partial charge in [-0.15, -0.1) is 0 Å². The van der Waals surface area contributed by atoms with Gasteiger partial charge in [-0.3, -0.25) is 9.48 Å². The summed E-state index contributed by atoms with van der Waals surface area (Å²) in [5.41, 5.74) is 3.42. The highest BCUT2D eigenvalue weighted by atomic mass is 16.1. The summed E-state index contributed by atoms with van der Waals surface area (Å²) < 4.78 is 1.67. The highest BCUT2D eigenvalue weighted by Crippen LogP contribution is 2.13. The van der Waals surface area contributed by atoms with E-state index in [0.29, 0.717) is 5.56 Å². The summed E-state index contributed by atoms with van der Waals surface area (Å²) in [4.78, 5) is 12.2. The van der Waals surface area contributed by atoms with E-state index >= 15 is 0 Å². The third-order valence-electron chi connectivity index (χ3n) is 3.08. The van der Waals surface area contributed by atoms with Crippen molar-refractivity contribution < 1.29 is 4.79 Å². The zero-order chi connectivity index (χ0) is 14.5. The topological polar surface area (TPSA) is 59.0 Å². The molecule has 0 atom stereocenters. The SMILES string of the molecule is CCc1nn(C)cc1C(=O)Nc1ccc(CNC)cc1. The Morgan fingerprint density at radius 2 is 2.00 bits per heavy atom. The second-order valence-corrected chi connectivity index (χ2v) is 4.70. The zero-order valence-corrected chi connectivity index (χ0v) is 12.1. The molecule has 0 radical (unpaired) electrons. The van der Waals surface area contributed by atoms with E-state index in [1.165, 1.54) is 5.56 Å². The minimum Gasteiger partial charge on any atom is -0.322 e. The van der Waals surface area contributed by atoms with Gasteiger partial charge in [-0.25, -0.2) is 0 Å². The van der Waals surface area contributed by atoms with Crippen molar-refractivity contribution in [1.82, 2.24) is 15.1 Å². The molecule has 2 N–H and O–H groups in total. The summed E-state index contributed by atoms with van der Waals surface area (Å²) in [6.45, 7) is 2.81. The zero-order valence-electron chi connectivity index (χ0n) is 12.1. The van der Waals surface area contributed by atoms with Crippen LogP contribution in [0.25, 0.3) is 0 Å². The first-order valence-electron chi connectivity index (χ1n) is 6.71. The lowest BCUT2D eigenvalue weighted by atomic mass is 10.1. The van der Waals surface area contributed by atoms with E-state index in [-0.39, 0.29) is 5.91 Å². The number of aryl methyl sites for hydroxylation is 2. The van der Waals surface area contributed by atoms with Crippen molar-refractivity contribution in [3.05, 3.63) is 47.3 Å². The highest BCUT2D eigenvalue weighted by Gasteiger charge is 2.14. The van der Waals surface area contributed by atoms with Gasteiger partial charge < -0.3 is 10.6 Å². The molecule has 1 heterocycles. The molecule has 0 spiro atoms. The molecule has 0 fully saturated rings. The van der Waals surface area contributed by atoms with Crippen LogP contribution in [0.2, 0.25) is 0 Å². The summed E-state index contributed by atoms with van der Waals surface area (Å²) in [7, 11) is 3.73. The van der Waals surface area contributed by atoms with Gasteiger partial charge in [0.15, 0.2) is 0 Å². The number of nitrogens with zero attached hydrogens (tertiary/aromatic N) is 2. The number of hydrogen-bond acceptors (Lipinski definition) is 3. The first-order chi connectivity index (χ1) is 9.63. The van der Waals surface area contributed by atoms with Crippen LogP contribution in [-0.2, 0) is 20.0 Å². The predicted octanol–water partition coefficient (Wildman–Crippen LogP) is 1.95. The van der Waals surface area contributed by atoms with E-state index in [4.69, 9.17) is 0 Å². The Morgan fingerprint density at radius 3 is 2.60 bits per heavy atom. The Balaban J connectivity index is 2.10. The van der Waals surface area contributed by atoms with Crippen LogP contribution in [0.15, 0.2) is 30.5 Å². The quantitative estimate of drug-likeness (QED) is 0.874. The molecule has 0 unspecified atom stereocenters. The highest BCUT2D eigenvalue weighted by molar-refractivity contribution is 6.04. The number of anilines is 1. The molecule has 1 aromatic carbocycles. The minimum atomic E-state index is -0.115. The number of nitrogens with one attached hydrogen (secondary N) is 2. The maximum Gasteiger partial charge on any atom is 0.259 e. The van der Waals surface area contributed by atoms with Crippen LogP contribution in [0.5, 0.6) is 0 Å². The van der Waals surface area contributed by atoms with E-state index < -0.39 is 0 Å². The van der Waals surface area contributed by atoms with Crippen LogP contribution in [0, 0.1) is 0 Å². The van der Waals surface area contributed by atoms with Gasteiger partial charge in [0.1, 0.15) is 0 Å². The molecule has 0 saturated heterocycles. The normalized spacial score (nSPS) is 10.6. The first-order valence-corrected chi connectivity index (χ1v) is 6.71. The van der Waals surface area contributed by atoms with Crippen LogP contribution in [0.1, 0.15) is 28.5 Å². The Morgan fingerprint density at radius 1 is 1.30 bits per heavy atom. The molecule has 2 rings (SSSR count). The van der Waals surface area contributed by atoms with Crippen LogP contribution < -0.4 is 10.6 Å². The number of hydrogen-bond donors (Lipinski definition) is 2. The number of carbonyl (C=O) groups is 1. The van der Waals surface area contributed by atoms with Gasteiger partial charge in [0.2, 0.25) is 0 Å². The standard InChI is InChI=1S/C15H20N4O/c1-4-14-13(10-19(3)18-14)15(20)17-12-7-5-11(6-8-12)9-16-2/h5-8,10,16H,4,9H2,1-3H3,(H,17,20). The van der Waals surface area contributed by atoms with Crippen molar-refractivity contribution in [2.45, 2.75) is 19.9 Å². The van der Waals surface area contributed by atoms with Crippen molar-refractivity contribution in [3.63, 3.8) is 0 Å². The summed E-state index contributed by atoms with van der Waals surface area (Å²) in [5.74, 6) is -0.115. The van der Waals surface area contributed by atoms with E-state index in [2.05, 4.69) is 15.7 Å². The van der Waals surface area contributed by atoms with Gasteiger partial charge in [-0.05, 0) is 31.2 Å². The van der Waals surface area contributed by atoms with E-state index in [1.54, 1.807) is 10.9 Å². The van der Waals surface area contributed by atoms with Crippen molar-refractivity contribution in [2.24, 2.45) is 7.05 Å². The van der Waals surface area contributed by atoms with Gasteiger partial charge in [-0.1, -0.05) is 19.1 Å². The molecule has 0 aliphatic rings. The maximum atomic E-state index is 12.2. The third kappa shape index (κ3) is 3.24. The Hall–Kier alpha value is -2.14. The summed E-state index contributed by atoms with van der Waals surface area (Å²) in [5, 5.41) is 10.3. The lowest BCUT2D eigenvalue weighted by molar-refractivity contribution is 0.102. The van der Waals surface area contributed by atoms with E-state index in [9.17, 15) is 4.79 Å². The van der Waals surface area contributed by atoms with Crippen molar-refractivity contribution in [2.75, 3.05) is 12.4 Å².